The molecular formula is C15H28N2. The van der Waals surface area contributed by atoms with Crippen molar-refractivity contribution in [1.82, 2.24) is 5.32 Å². The lowest BCUT2D eigenvalue weighted by atomic mass is 9.87. The number of nitrogens with one attached hydrogen (secondary N) is 1. The summed E-state index contributed by atoms with van der Waals surface area (Å²) in [5.41, 5.74) is -0.139. The van der Waals surface area contributed by atoms with Gasteiger partial charge in [-0.15, -0.1) is 0 Å². The van der Waals surface area contributed by atoms with E-state index in [1.165, 1.54) is 32.1 Å². The van der Waals surface area contributed by atoms with Crippen molar-refractivity contribution in [1.29, 1.82) is 5.26 Å². The summed E-state index contributed by atoms with van der Waals surface area (Å²) in [6.07, 6.45) is 8.87. The molecule has 98 valence electrons. The van der Waals surface area contributed by atoms with Crippen molar-refractivity contribution in [3.05, 3.63) is 0 Å². The number of rotatable bonds is 6. The SMILES string of the molecule is CC1CCC(NCCCCC(C)(C)C#N)CC1. The van der Waals surface area contributed by atoms with E-state index in [1.54, 1.807) is 0 Å². The van der Waals surface area contributed by atoms with Crippen molar-refractivity contribution in [3.8, 4) is 6.07 Å². The molecule has 2 nitrogen and oxygen atoms in total. The van der Waals surface area contributed by atoms with Gasteiger partial charge in [0.1, 0.15) is 0 Å². The third kappa shape index (κ3) is 6.07. The normalized spacial score (nSPS) is 25.5. The van der Waals surface area contributed by atoms with Crippen molar-refractivity contribution in [2.45, 2.75) is 71.8 Å². The third-order valence-corrected chi connectivity index (χ3v) is 3.98. The Kier molecular flexibility index (Phi) is 5.98. The van der Waals surface area contributed by atoms with Crippen LogP contribution in [0, 0.1) is 22.7 Å². The molecule has 17 heavy (non-hydrogen) atoms. The van der Waals surface area contributed by atoms with Gasteiger partial charge in [-0.05, 0) is 64.8 Å². The lowest BCUT2D eigenvalue weighted by Gasteiger charge is -2.27. The van der Waals surface area contributed by atoms with Crippen molar-refractivity contribution in [2.75, 3.05) is 6.54 Å². The van der Waals surface area contributed by atoms with Gasteiger partial charge in [-0.2, -0.15) is 5.26 Å². The lowest BCUT2D eigenvalue weighted by molar-refractivity contribution is 0.304. The molecule has 0 spiro atoms. The monoisotopic (exact) mass is 236 g/mol. The van der Waals surface area contributed by atoms with E-state index in [0.29, 0.717) is 0 Å². The fourth-order valence-electron chi connectivity index (χ4n) is 2.52. The first-order chi connectivity index (χ1) is 8.03. The topological polar surface area (TPSA) is 35.8 Å². The number of nitriles is 1. The van der Waals surface area contributed by atoms with Crippen LogP contribution in [-0.2, 0) is 0 Å². The Morgan fingerprint density at radius 1 is 1.18 bits per heavy atom. The summed E-state index contributed by atoms with van der Waals surface area (Å²) in [6, 6.07) is 3.13. The molecule has 0 amide bonds. The molecule has 1 aliphatic carbocycles. The summed E-state index contributed by atoms with van der Waals surface area (Å²) in [5, 5.41) is 12.6. The Hall–Kier alpha value is -0.550. The van der Waals surface area contributed by atoms with Gasteiger partial charge in [0.15, 0.2) is 0 Å². The maximum absolute atomic E-state index is 8.91. The minimum absolute atomic E-state index is 0.139. The molecule has 0 bridgehead atoms. The molecule has 0 aromatic rings. The molecule has 2 heteroatoms. The highest BCUT2D eigenvalue weighted by molar-refractivity contribution is 4.91. The second-order valence-corrected chi connectivity index (χ2v) is 6.36. The zero-order chi connectivity index (χ0) is 12.7. The molecule has 0 aliphatic heterocycles. The van der Waals surface area contributed by atoms with Gasteiger partial charge in [-0.1, -0.05) is 13.3 Å². The summed E-state index contributed by atoms with van der Waals surface area (Å²) in [6.45, 7) is 7.55. The Bertz CT molecular complexity index is 244. The molecule has 0 heterocycles. The van der Waals surface area contributed by atoms with E-state index < -0.39 is 0 Å². The van der Waals surface area contributed by atoms with Gasteiger partial charge in [0.25, 0.3) is 0 Å². The Labute approximate surface area is 107 Å². The molecule has 0 aromatic carbocycles. The van der Waals surface area contributed by atoms with Crippen LogP contribution in [0.1, 0.15) is 65.7 Å². The lowest BCUT2D eigenvalue weighted by Crippen LogP contribution is -2.33. The van der Waals surface area contributed by atoms with Crippen LogP contribution < -0.4 is 5.32 Å². The van der Waals surface area contributed by atoms with Crippen LogP contribution in [0.5, 0.6) is 0 Å². The summed E-state index contributed by atoms with van der Waals surface area (Å²) >= 11 is 0. The molecule has 0 unspecified atom stereocenters. The number of nitrogens with zero attached hydrogens (tertiary/aromatic N) is 1. The molecule has 0 saturated heterocycles. The van der Waals surface area contributed by atoms with Crippen LogP contribution in [0.3, 0.4) is 0 Å². The van der Waals surface area contributed by atoms with Gasteiger partial charge in [0.05, 0.1) is 11.5 Å². The van der Waals surface area contributed by atoms with E-state index in [1.807, 2.05) is 13.8 Å². The number of hydrogen-bond donors (Lipinski definition) is 1. The Morgan fingerprint density at radius 3 is 2.41 bits per heavy atom. The quantitative estimate of drug-likeness (QED) is 0.710. The molecule has 1 aliphatic rings. The van der Waals surface area contributed by atoms with Gasteiger partial charge in [-0.3, -0.25) is 0 Å². The average Bonchev–Trinajstić information content (AvgIpc) is 2.31. The maximum Gasteiger partial charge on any atom is 0.0683 e. The second-order valence-electron chi connectivity index (χ2n) is 6.36. The van der Waals surface area contributed by atoms with Crippen LogP contribution in [0.2, 0.25) is 0 Å². The van der Waals surface area contributed by atoms with Crippen LogP contribution in [0.4, 0.5) is 0 Å². The Balaban J connectivity index is 2.00. The van der Waals surface area contributed by atoms with Gasteiger partial charge in [-0.25, -0.2) is 0 Å². The summed E-state index contributed by atoms with van der Waals surface area (Å²) in [7, 11) is 0. The maximum atomic E-state index is 8.91. The van der Waals surface area contributed by atoms with E-state index in [4.69, 9.17) is 5.26 Å². The highest BCUT2D eigenvalue weighted by atomic mass is 14.9. The fraction of sp³-hybridized carbons (Fsp3) is 0.933. The molecular weight excluding hydrogens is 208 g/mol. The zero-order valence-corrected chi connectivity index (χ0v) is 11.8. The van der Waals surface area contributed by atoms with Crippen molar-refractivity contribution < 1.29 is 0 Å². The van der Waals surface area contributed by atoms with E-state index >= 15 is 0 Å². The second kappa shape index (κ2) is 7.01. The summed E-state index contributed by atoms with van der Waals surface area (Å²) in [5.74, 6) is 0.935. The molecule has 1 N–H and O–H groups in total. The van der Waals surface area contributed by atoms with Gasteiger partial charge >= 0.3 is 0 Å². The van der Waals surface area contributed by atoms with Crippen LogP contribution in [0.15, 0.2) is 0 Å². The van der Waals surface area contributed by atoms with Crippen molar-refractivity contribution >= 4 is 0 Å². The molecule has 1 rings (SSSR count). The standard InChI is InChI=1S/C15H28N2/c1-13-6-8-14(9-7-13)17-11-5-4-10-15(2,3)12-16/h13-14,17H,4-11H2,1-3H3. The minimum atomic E-state index is -0.139. The predicted octanol–water partition coefficient (Wildman–Crippen LogP) is 3.87. The Morgan fingerprint density at radius 2 is 1.82 bits per heavy atom. The zero-order valence-electron chi connectivity index (χ0n) is 11.8. The first-order valence-electron chi connectivity index (χ1n) is 7.18. The highest BCUT2D eigenvalue weighted by Gasteiger charge is 2.18. The summed E-state index contributed by atoms with van der Waals surface area (Å²) < 4.78 is 0. The van der Waals surface area contributed by atoms with Gasteiger partial charge in [0.2, 0.25) is 0 Å². The molecule has 0 radical (unpaired) electrons. The summed E-state index contributed by atoms with van der Waals surface area (Å²) in [4.78, 5) is 0. The predicted molar refractivity (Wildman–Crippen MR) is 72.7 cm³/mol. The van der Waals surface area contributed by atoms with E-state index in [2.05, 4.69) is 18.3 Å². The molecule has 1 fully saturated rings. The number of unbranched alkanes of at least 4 members (excludes halogenated alkanes) is 1. The van der Waals surface area contributed by atoms with Crippen LogP contribution >= 0.6 is 0 Å². The smallest absolute Gasteiger partial charge is 0.0683 e. The van der Waals surface area contributed by atoms with E-state index in [0.717, 1.165) is 31.3 Å². The minimum Gasteiger partial charge on any atom is -0.314 e. The fourth-order valence-corrected chi connectivity index (χ4v) is 2.52. The first kappa shape index (κ1) is 14.5. The average molecular weight is 236 g/mol. The van der Waals surface area contributed by atoms with Crippen LogP contribution in [-0.4, -0.2) is 12.6 Å². The highest BCUT2D eigenvalue weighted by Crippen LogP contribution is 2.24. The van der Waals surface area contributed by atoms with E-state index in [-0.39, 0.29) is 5.41 Å². The van der Waals surface area contributed by atoms with E-state index in [9.17, 15) is 0 Å². The van der Waals surface area contributed by atoms with Crippen molar-refractivity contribution in [2.24, 2.45) is 11.3 Å². The number of hydrogen-bond acceptors (Lipinski definition) is 2. The van der Waals surface area contributed by atoms with Crippen LogP contribution in [0.25, 0.3) is 0 Å². The largest absolute Gasteiger partial charge is 0.314 e. The molecule has 1 saturated carbocycles. The molecule has 0 aromatic heterocycles. The van der Waals surface area contributed by atoms with Gasteiger partial charge < -0.3 is 5.32 Å². The van der Waals surface area contributed by atoms with Crippen molar-refractivity contribution in [3.63, 3.8) is 0 Å². The molecule has 0 atom stereocenters. The first-order valence-corrected chi connectivity index (χ1v) is 7.18. The third-order valence-electron chi connectivity index (χ3n) is 3.98. The van der Waals surface area contributed by atoms with Gasteiger partial charge in [0, 0.05) is 6.04 Å².